The van der Waals surface area contributed by atoms with E-state index < -0.39 is 15.6 Å². The molecular formula is C19H18N2O5S. The summed E-state index contributed by atoms with van der Waals surface area (Å²) in [7, 11) is -4.05. The van der Waals surface area contributed by atoms with Crippen LogP contribution in [0.1, 0.15) is 24.2 Å². The number of carbonyl (C=O) groups excluding carboxylic acids is 1. The lowest BCUT2D eigenvalue weighted by Gasteiger charge is -2.14. The Bertz CT molecular complexity index is 1160. The van der Waals surface area contributed by atoms with Crippen molar-refractivity contribution in [3.8, 4) is 0 Å². The number of hydrogen-bond acceptors (Lipinski definition) is 6. The van der Waals surface area contributed by atoms with Crippen LogP contribution in [0.2, 0.25) is 0 Å². The fourth-order valence-electron chi connectivity index (χ4n) is 2.66. The topological polar surface area (TPSA) is 105 Å². The SMILES string of the molecule is CCNc1c(NS(=O)(=O)c2ccc(C(C)=O)cc2)c(=O)oc2ccccc12. The van der Waals surface area contributed by atoms with Crippen LogP contribution in [0.15, 0.2) is 62.6 Å². The van der Waals surface area contributed by atoms with Crippen molar-refractivity contribution in [1.82, 2.24) is 0 Å². The van der Waals surface area contributed by atoms with E-state index in [0.29, 0.717) is 28.8 Å². The van der Waals surface area contributed by atoms with Crippen molar-refractivity contribution in [2.45, 2.75) is 18.7 Å². The Kier molecular flexibility index (Phi) is 5.00. The Morgan fingerprint density at radius 3 is 2.33 bits per heavy atom. The van der Waals surface area contributed by atoms with Crippen LogP contribution in [0, 0.1) is 0 Å². The minimum Gasteiger partial charge on any atom is -0.421 e. The molecule has 0 aliphatic heterocycles. The van der Waals surface area contributed by atoms with Crippen LogP contribution < -0.4 is 15.7 Å². The van der Waals surface area contributed by atoms with Crippen molar-refractivity contribution in [3.63, 3.8) is 0 Å². The zero-order valence-electron chi connectivity index (χ0n) is 14.8. The lowest BCUT2D eigenvalue weighted by atomic mass is 10.2. The molecule has 1 heterocycles. The molecule has 0 radical (unpaired) electrons. The highest BCUT2D eigenvalue weighted by Crippen LogP contribution is 2.30. The summed E-state index contributed by atoms with van der Waals surface area (Å²) in [5.41, 5.74) is 0.118. The van der Waals surface area contributed by atoms with Gasteiger partial charge in [0.2, 0.25) is 0 Å². The Morgan fingerprint density at radius 1 is 1.04 bits per heavy atom. The molecule has 27 heavy (non-hydrogen) atoms. The van der Waals surface area contributed by atoms with Gasteiger partial charge in [0.05, 0.1) is 10.6 Å². The van der Waals surface area contributed by atoms with E-state index in [-0.39, 0.29) is 16.4 Å². The van der Waals surface area contributed by atoms with Crippen molar-refractivity contribution < 1.29 is 17.6 Å². The average molecular weight is 386 g/mol. The van der Waals surface area contributed by atoms with E-state index in [2.05, 4.69) is 10.0 Å². The van der Waals surface area contributed by atoms with Crippen molar-refractivity contribution >= 4 is 38.2 Å². The van der Waals surface area contributed by atoms with Gasteiger partial charge in [-0.05, 0) is 38.1 Å². The van der Waals surface area contributed by atoms with E-state index in [4.69, 9.17) is 4.42 Å². The van der Waals surface area contributed by atoms with E-state index in [1.165, 1.54) is 31.2 Å². The summed E-state index contributed by atoms with van der Waals surface area (Å²) < 4.78 is 33.0. The van der Waals surface area contributed by atoms with Crippen LogP contribution in [0.3, 0.4) is 0 Å². The van der Waals surface area contributed by atoms with Gasteiger partial charge >= 0.3 is 5.63 Å². The third-order valence-electron chi connectivity index (χ3n) is 3.97. The smallest absolute Gasteiger partial charge is 0.363 e. The molecule has 1 aromatic heterocycles. The highest BCUT2D eigenvalue weighted by molar-refractivity contribution is 7.92. The number of carbonyl (C=O) groups is 1. The third-order valence-corrected chi connectivity index (χ3v) is 5.34. The molecule has 0 saturated carbocycles. The summed E-state index contributed by atoms with van der Waals surface area (Å²) in [5.74, 6) is -0.170. The molecule has 0 aliphatic carbocycles. The van der Waals surface area contributed by atoms with Gasteiger partial charge in [0.25, 0.3) is 10.0 Å². The van der Waals surface area contributed by atoms with Gasteiger partial charge in [-0.25, -0.2) is 13.2 Å². The summed E-state index contributed by atoms with van der Waals surface area (Å²) >= 11 is 0. The summed E-state index contributed by atoms with van der Waals surface area (Å²) in [6.45, 7) is 3.71. The molecule has 8 heteroatoms. The van der Waals surface area contributed by atoms with Gasteiger partial charge in [-0.3, -0.25) is 9.52 Å². The first-order valence-corrected chi connectivity index (χ1v) is 9.75. The summed E-state index contributed by atoms with van der Waals surface area (Å²) in [4.78, 5) is 23.7. The van der Waals surface area contributed by atoms with Crippen molar-refractivity contribution in [1.29, 1.82) is 0 Å². The molecule has 0 amide bonds. The Balaban J connectivity index is 2.09. The van der Waals surface area contributed by atoms with Crippen molar-refractivity contribution in [3.05, 3.63) is 64.5 Å². The molecule has 0 unspecified atom stereocenters. The molecule has 0 bridgehead atoms. The molecule has 0 fully saturated rings. The van der Waals surface area contributed by atoms with Gasteiger partial charge in [-0.15, -0.1) is 0 Å². The molecule has 0 spiro atoms. The molecule has 0 saturated heterocycles. The number of para-hydroxylation sites is 1. The summed E-state index contributed by atoms with van der Waals surface area (Å²) in [6, 6.07) is 12.3. The number of rotatable bonds is 6. The predicted octanol–water partition coefficient (Wildman–Crippen LogP) is 3.23. The van der Waals surface area contributed by atoms with Gasteiger partial charge < -0.3 is 9.73 Å². The number of Topliss-reactive ketones (excluding diaryl/α,β-unsaturated/α-hetero) is 1. The highest BCUT2D eigenvalue weighted by atomic mass is 32.2. The number of benzene rings is 2. The minimum atomic E-state index is -4.05. The zero-order chi connectivity index (χ0) is 19.6. The number of ketones is 1. The van der Waals surface area contributed by atoms with E-state index >= 15 is 0 Å². The van der Waals surface area contributed by atoms with E-state index in [9.17, 15) is 18.0 Å². The molecule has 2 N–H and O–H groups in total. The maximum Gasteiger partial charge on any atom is 0.363 e. The Labute approximate surface area is 156 Å². The fraction of sp³-hybridized carbons (Fsp3) is 0.158. The first-order valence-electron chi connectivity index (χ1n) is 8.27. The summed E-state index contributed by atoms with van der Waals surface area (Å²) in [6.07, 6.45) is 0. The predicted molar refractivity (Wildman–Crippen MR) is 104 cm³/mol. The minimum absolute atomic E-state index is 0.0671. The normalized spacial score (nSPS) is 11.3. The second-order valence-electron chi connectivity index (χ2n) is 5.85. The average Bonchev–Trinajstić information content (AvgIpc) is 2.64. The number of anilines is 2. The van der Waals surface area contributed by atoms with Crippen LogP contribution in [0.4, 0.5) is 11.4 Å². The fourth-order valence-corrected chi connectivity index (χ4v) is 3.73. The molecule has 140 valence electrons. The molecule has 0 aliphatic rings. The maximum absolute atomic E-state index is 12.7. The second-order valence-corrected chi connectivity index (χ2v) is 7.53. The van der Waals surface area contributed by atoms with E-state index in [0.717, 1.165) is 0 Å². The van der Waals surface area contributed by atoms with Crippen LogP contribution in [-0.4, -0.2) is 20.7 Å². The van der Waals surface area contributed by atoms with Gasteiger partial charge in [-0.1, -0.05) is 24.3 Å². The number of fused-ring (bicyclic) bond motifs is 1. The lowest BCUT2D eigenvalue weighted by molar-refractivity contribution is 0.101. The first-order chi connectivity index (χ1) is 12.8. The molecule has 2 aromatic carbocycles. The van der Waals surface area contributed by atoms with Crippen LogP contribution in [-0.2, 0) is 10.0 Å². The van der Waals surface area contributed by atoms with Crippen LogP contribution >= 0.6 is 0 Å². The monoisotopic (exact) mass is 386 g/mol. The number of hydrogen-bond donors (Lipinski definition) is 2. The van der Waals surface area contributed by atoms with Gasteiger partial charge in [0.1, 0.15) is 5.58 Å². The zero-order valence-corrected chi connectivity index (χ0v) is 15.6. The number of nitrogens with one attached hydrogen (secondary N) is 2. The largest absolute Gasteiger partial charge is 0.421 e. The molecule has 3 aromatic rings. The first kappa shape index (κ1) is 18.7. The molecule has 0 atom stereocenters. The quantitative estimate of drug-likeness (QED) is 0.498. The van der Waals surface area contributed by atoms with Gasteiger partial charge in [-0.2, -0.15) is 0 Å². The second kappa shape index (κ2) is 7.24. The van der Waals surface area contributed by atoms with Crippen LogP contribution in [0.5, 0.6) is 0 Å². The highest BCUT2D eigenvalue weighted by Gasteiger charge is 2.21. The molecule has 7 nitrogen and oxygen atoms in total. The Morgan fingerprint density at radius 2 is 1.70 bits per heavy atom. The van der Waals surface area contributed by atoms with E-state index in [1.807, 2.05) is 6.92 Å². The molecular weight excluding hydrogens is 368 g/mol. The van der Waals surface area contributed by atoms with Gasteiger partial charge in [0.15, 0.2) is 11.5 Å². The lowest BCUT2D eigenvalue weighted by Crippen LogP contribution is -2.20. The number of sulfonamides is 1. The standard InChI is InChI=1S/C19H18N2O5S/c1-3-20-17-15-6-4-5-7-16(15)26-19(23)18(17)21-27(24,25)14-10-8-13(9-11-14)12(2)22/h4-11,20-21H,3H2,1-2H3. The van der Waals surface area contributed by atoms with Crippen molar-refractivity contribution in [2.75, 3.05) is 16.6 Å². The maximum atomic E-state index is 12.7. The van der Waals surface area contributed by atoms with E-state index in [1.54, 1.807) is 24.3 Å². The molecule has 3 rings (SSSR count). The van der Waals surface area contributed by atoms with Crippen molar-refractivity contribution in [2.24, 2.45) is 0 Å². The van der Waals surface area contributed by atoms with Gasteiger partial charge in [0, 0.05) is 17.5 Å². The Hall–Kier alpha value is -3.13. The van der Waals surface area contributed by atoms with Crippen LogP contribution in [0.25, 0.3) is 11.0 Å². The summed E-state index contributed by atoms with van der Waals surface area (Å²) in [5, 5.41) is 3.61. The third kappa shape index (κ3) is 3.70.